The SMILES string of the molecule is CC(C)CCC(N)c1snnc1C(C)(C)C. The molecule has 0 bridgehead atoms. The van der Waals surface area contributed by atoms with Gasteiger partial charge >= 0.3 is 0 Å². The normalized spacial score (nSPS) is 14.4. The average Bonchev–Trinajstić information content (AvgIpc) is 2.61. The lowest BCUT2D eigenvalue weighted by Crippen LogP contribution is -2.19. The highest BCUT2D eigenvalue weighted by molar-refractivity contribution is 7.05. The van der Waals surface area contributed by atoms with Crippen LogP contribution >= 0.6 is 11.5 Å². The minimum Gasteiger partial charge on any atom is -0.323 e. The highest BCUT2D eigenvalue weighted by Gasteiger charge is 2.25. The molecule has 0 aromatic carbocycles. The number of aromatic nitrogens is 2. The van der Waals surface area contributed by atoms with Crippen LogP contribution in [-0.4, -0.2) is 9.59 Å². The maximum atomic E-state index is 6.22. The number of rotatable bonds is 4. The summed E-state index contributed by atoms with van der Waals surface area (Å²) in [6.07, 6.45) is 2.17. The van der Waals surface area contributed by atoms with Crippen LogP contribution in [0.4, 0.5) is 0 Å². The maximum Gasteiger partial charge on any atom is 0.0856 e. The van der Waals surface area contributed by atoms with Crippen LogP contribution in [0, 0.1) is 5.92 Å². The summed E-state index contributed by atoms with van der Waals surface area (Å²) in [5, 5.41) is 4.22. The monoisotopic (exact) mass is 241 g/mol. The molecule has 1 atom stereocenters. The van der Waals surface area contributed by atoms with E-state index in [2.05, 4.69) is 44.2 Å². The topological polar surface area (TPSA) is 51.8 Å². The predicted molar refractivity (Wildman–Crippen MR) is 69.6 cm³/mol. The number of hydrogen-bond donors (Lipinski definition) is 1. The van der Waals surface area contributed by atoms with Gasteiger partial charge in [-0.3, -0.25) is 0 Å². The molecule has 0 aliphatic heterocycles. The van der Waals surface area contributed by atoms with Crippen LogP contribution in [0.15, 0.2) is 0 Å². The van der Waals surface area contributed by atoms with Gasteiger partial charge in [-0.05, 0) is 30.3 Å². The van der Waals surface area contributed by atoms with Gasteiger partial charge in [0.1, 0.15) is 0 Å². The lowest BCUT2D eigenvalue weighted by atomic mass is 9.89. The Morgan fingerprint density at radius 3 is 2.38 bits per heavy atom. The summed E-state index contributed by atoms with van der Waals surface area (Å²) in [7, 11) is 0. The van der Waals surface area contributed by atoms with Gasteiger partial charge in [-0.25, -0.2) is 0 Å². The van der Waals surface area contributed by atoms with Crippen molar-refractivity contribution < 1.29 is 0 Å². The third-order valence-corrected chi connectivity index (χ3v) is 3.47. The minimum absolute atomic E-state index is 0.0395. The van der Waals surface area contributed by atoms with Gasteiger partial charge in [0.25, 0.3) is 0 Å². The van der Waals surface area contributed by atoms with Gasteiger partial charge in [-0.2, -0.15) is 0 Å². The average molecular weight is 241 g/mol. The first-order chi connectivity index (χ1) is 7.32. The Hall–Kier alpha value is -0.480. The second-order valence-electron chi connectivity index (χ2n) is 5.81. The molecule has 0 saturated heterocycles. The van der Waals surface area contributed by atoms with Crippen LogP contribution in [0.3, 0.4) is 0 Å². The predicted octanol–water partition coefficient (Wildman–Crippen LogP) is 3.27. The molecule has 0 radical (unpaired) electrons. The van der Waals surface area contributed by atoms with Crippen molar-refractivity contribution in [2.24, 2.45) is 11.7 Å². The molecule has 1 heterocycles. The second-order valence-corrected chi connectivity index (χ2v) is 6.60. The van der Waals surface area contributed by atoms with Gasteiger partial charge < -0.3 is 5.73 Å². The molecule has 1 rings (SSSR count). The smallest absolute Gasteiger partial charge is 0.0856 e. The second kappa shape index (κ2) is 5.23. The van der Waals surface area contributed by atoms with E-state index in [1.807, 2.05) is 0 Å². The standard InChI is InChI=1S/C12H23N3S/c1-8(2)6-7-9(13)10-11(12(3,4)5)14-15-16-10/h8-9H,6-7,13H2,1-5H3. The van der Waals surface area contributed by atoms with Crippen LogP contribution in [0.2, 0.25) is 0 Å². The molecule has 16 heavy (non-hydrogen) atoms. The summed E-state index contributed by atoms with van der Waals surface area (Å²) in [5.41, 5.74) is 7.32. The molecule has 2 N–H and O–H groups in total. The zero-order valence-corrected chi connectivity index (χ0v) is 11.8. The van der Waals surface area contributed by atoms with E-state index in [9.17, 15) is 0 Å². The van der Waals surface area contributed by atoms with Crippen LogP contribution in [0.5, 0.6) is 0 Å². The van der Waals surface area contributed by atoms with Crippen molar-refractivity contribution in [3.63, 3.8) is 0 Å². The summed E-state index contributed by atoms with van der Waals surface area (Å²) < 4.78 is 4.05. The number of nitrogens with two attached hydrogens (primary N) is 1. The Labute approximate surface area is 103 Å². The van der Waals surface area contributed by atoms with E-state index in [1.165, 1.54) is 11.5 Å². The zero-order chi connectivity index (χ0) is 12.3. The van der Waals surface area contributed by atoms with Crippen molar-refractivity contribution >= 4 is 11.5 Å². The minimum atomic E-state index is 0.0395. The summed E-state index contributed by atoms with van der Waals surface area (Å²) in [6, 6.07) is 0.0941. The molecule has 0 amide bonds. The quantitative estimate of drug-likeness (QED) is 0.880. The van der Waals surface area contributed by atoms with Crippen molar-refractivity contribution in [1.82, 2.24) is 9.59 Å². The molecule has 92 valence electrons. The largest absolute Gasteiger partial charge is 0.323 e. The molecule has 3 nitrogen and oxygen atoms in total. The Balaban J connectivity index is 2.76. The molecule has 4 heteroatoms. The summed E-state index contributed by atoms with van der Waals surface area (Å²) in [4.78, 5) is 1.16. The third-order valence-electron chi connectivity index (χ3n) is 2.62. The van der Waals surface area contributed by atoms with Gasteiger partial charge in [0, 0.05) is 11.5 Å². The highest BCUT2D eigenvalue weighted by atomic mass is 32.1. The van der Waals surface area contributed by atoms with Crippen molar-refractivity contribution in [3.05, 3.63) is 10.6 Å². The number of hydrogen-bond acceptors (Lipinski definition) is 4. The Bertz CT molecular complexity index is 325. The molecule has 1 aromatic heterocycles. The van der Waals surface area contributed by atoms with E-state index in [-0.39, 0.29) is 11.5 Å². The summed E-state index contributed by atoms with van der Waals surface area (Å²) in [5.74, 6) is 0.699. The van der Waals surface area contributed by atoms with E-state index in [0.29, 0.717) is 5.92 Å². The fourth-order valence-electron chi connectivity index (χ4n) is 1.60. The Morgan fingerprint density at radius 1 is 1.25 bits per heavy atom. The van der Waals surface area contributed by atoms with Crippen molar-refractivity contribution in [2.75, 3.05) is 0 Å². The van der Waals surface area contributed by atoms with Gasteiger partial charge in [0.2, 0.25) is 0 Å². The van der Waals surface area contributed by atoms with E-state index in [4.69, 9.17) is 5.73 Å². The Kier molecular flexibility index (Phi) is 4.44. The molecule has 0 spiro atoms. The van der Waals surface area contributed by atoms with Crippen LogP contribution in [0.25, 0.3) is 0 Å². The van der Waals surface area contributed by atoms with Gasteiger partial charge in [0.05, 0.1) is 10.6 Å². The molecule has 1 unspecified atom stereocenters. The summed E-state index contributed by atoms with van der Waals surface area (Å²) >= 11 is 1.45. The molecular weight excluding hydrogens is 218 g/mol. The van der Waals surface area contributed by atoms with Crippen LogP contribution in [-0.2, 0) is 5.41 Å². The van der Waals surface area contributed by atoms with Crippen molar-refractivity contribution in [1.29, 1.82) is 0 Å². The highest BCUT2D eigenvalue weighted by Crippen LogP contribution is 2.31. The summed E-state index contributed by atoms with van der Waals surface area (Å²) in [6.45, 7) is 10.9. The lowest BCUT2D eigenvalue weighted by molar-refractivity contribution is 0.496. The molecular formula is C12H23N3S. The number of nitrogens with zero attached hydrogens (tertiary/aromatic N) is 2. The van der Waals surface area contributed by atoms with Gasteiger partial charge in [-0.15, -0.1) is 5.10 Å². The van der Waals surface area contributed by atoms with Crippen LogP contribution in [0.1, 0.15) is 64.1 Å². The lowest BCUT2D eigenvalue weighted by Gasteiger charge is -2.19. The molecule has 0 saturated carbocycles. The fraction of sp³-hybridized carbons (Fsp3) is 0.833. The van der Waals surface area contributed by atoms with E-state index >= 15 is 0 Å². The molecule has 0 aliphatic rings. The fourth-order valence-corrected chi connectivity index (χ4v) is 2.50. The maximum absolute atomic E-state index is 6.22. The van der Waals surface area contributed by atoms with Crippen molar-refractivity contribution in [3.8, 4) is 0 Å². The third kappa shape index (κ3) is 3.52. The van der Waals surface area contributed by atoms with E-state index in [1.54, 1.807) is 0 Å². The Morgan fingerprint density at radius 2 is 1.88 bits per heavy atom. The zero-order valence-electron chi connectivity index (χ0n) is 10.9. The molecule has 0 fully saturated rings. The van der Waals surface area contributed by atoms with E-state index < -0.39 is 0 Å². The van der Waals surface area contributed by atoms with Crippen molar-refractivity contribution in [2.45, 2.75) is 58.9 Å². The van der Waals surface area contributed by atoms with Crippen LogP contribution < -0.4 is 5.73 Å². The van der Waals surface area contributed by atoms with E-state index in [0.717, 1.165) is 23.4 Å². The first-order valence-corrected chi connectivity index (χ1v) is 6.68. The first-order valence-electron chi connectivity index (χ1n) is 5.90. The molecule has 1 aromatic rings. The first kappa shape index (κ1) is 13.6. The molecule has 0 aliphatic carbocycles. The van der Waals surface area contributed by atoms with Gasteiger partial charge in [0.15, 0.2) is 0 Å². The van der Waals surface area contributed by atoms with Gasteiger partial charge in [-0.1, -0.05) is 39.1 Å².